The van der Waals surface area contributed by atoms with Gasteiger partial charge in [-0.05, 0) is 17.7 Å². The maximum Gasteiger partial charge on any atom is 0.137 e. The molecule has 112 valence electrons. The molecule has 23 heavy (non-hydrogen) atoms. The molecule has 0 amide bonds. The highest BCUT2D eigenvalue weighted by Gasteiger charge is 2.21. The molecule has 4 nitrogen and oxygen atoms in total. The first-order chi connectivity index (χ1) is 11.4. The zero-order chi connectivity index (χ0) is 15.5. The van der Waals surface area contributed by atoms with Crippen molar-refractivity contribution in [2.24, 2.45) is 0 Å². The minimum atomic E-state index is -0.129. The number of aromatic nitrogens is 3. The average Bonchev–Trinajstić information content (AvgIpc) is 3.30. The first kappa shape index (κ1) is 13.5. The summed E-state index contributed by atoms with van der Waals surface area (Å²) in [5.41, 5.74) is 2.16. The summed E-state index contributed by atoms with van der Waals surface area (Å²) >= 11 is 0. The minimum absolute atomic E-state index is 0.129. The van der Waals surface area contributed by atoms with Crippen LogP contribution < -0.4 is 0 Å². The fraction of sp³-hybridized carbons (Fsp3) is 0.0526. The maximum absolute atomic E-state index is 6.12. The Morgan fingerprint density at radius 2 is 1.57 bits per heavy atom. The van der Waals surface area contributed by atoms with Crippen molar-refractivity contribution in [2.75, 3.05) is 0 Å². The van der Waals surface area contributed by atoms with Gasteiger partial charge in [-0.15, -0.1) is 0 Å². The van der Waals surface area contributed by atoms with Gasteiger partial charge in [-0.25, -0.2) is 9.67 Å². The van der Waals surface area contributed by atoms with Gasteiger partial charge >= 0.3 is 0 Å². The molecule has 1 atom stereocenters. The molecule has 0 aliphatic carbocycles. The van der Waals surface area contributed by atoms with Gasteiger partial charge in [0.1, 0.15) is 30.2 Å². The molecule has 0 saturated heterocycles. The van der Waals surface area contributed by atoms with Crippen molar-refractivity contribution >= 4 is 0 Å². The standard InChI is InChI=1S/C19H15N3O/c1-3-7-15(8-4-1)17-11-12-18(23-17)19(22-14-20-13-21-22)16-9-5-2-6-10-16/h1-14,19H. The Bertz CT molecular complexity index is 867. The second-order valence-electron chi connectivity index (χ2n) is 5.26. The van der Waals surface area contributed by atoms with Crippen LogP contribution in [-0.4, -0.2) is 14.8 Å². The minimum Gasteiger partial charge on any atom is -0.458 e. The van der Waals surface area contributed by atoms with E-state index in [4.69, 9.17) is 4.42 Å². The molecule has 0 spiro atoms. The Kier molecular flexibility index (Phi) is 3.48. The lowest BCUT2D eigenvalue weighted by atomic mass is 10.1. The summed E-state index contributed by atoms with van der Waals surface area (Å²) in [4.78, 5) is 4.07. The predicted molar refractivity (Wildman–Crippen MR) is 87.8 cm³/mol. The predicted octanol–water partition coefficient (Wildman–Crippen LogP) is 4.18. The van der Waals surface area contributed by atoms with Crippen LogP contribution in [0.4, 0.5) is 0 Å². The monoisotopic (exact) mass is 301 g/mol. The molecule has 2 aromatic carbocycles. The van der Waals surface area contributed by atoms with E-state index in [0.29, 0.717) is 0 Å². The van der Waals surface area contributed by atoms with Crippen LogP contribution in [0.5, 0.6) is 0 Å². The molecule has 2 heterocycles. The topological polar surface area (TPSA) is 43.9 Å². The molecular weight excluding hydrogens is 286 g/mol. The van der Waals surface area contributed by atoms with E-state index >= 15 is 0 Å². The van der Waals surface area contributed by atoms with E-state index in [1.54, 1.807) is 6.33 Å². The van der Waals surface area contributed by atoms with Gasteiger partial charge < -0.3 is 4.42 Å². The lowest BCUT2D eigenvalue weighted by molar-refractivity contribution is 0.448. The molecule has 1 unspecified atom stereocenters. The first-order valence-electron chi connectivity index (χ1n) is 7.46. The molecule has 4 aromatic rings. The number of benzene rings is 2. The highest BCUT2D eigenvalue weighted by Crippen LogP contribution is 2.30. The van der Waals surface area contributed by atoms with Crippen molar-refractivity contribution < 1.29 is 4.42 Å². The van der Waals surface area contributed by atoms with Crippen LogP contribution in [0, 0.1) is 0 Å². The summed E-state index contributed by atoms with van der Waals surface area (Å²) in [7, 11) is 0. The van der Waals surface area contributed by atoms with Crippen molar-refractivity contribution in [3.8, 4) is 11.3 Å². The highest BCUT2D eigenvalue weighted by atomic mass is 16.3. The third-order valence-electron chi connectivity index (χ3n) is 3.77. The number of hydrogen-bond donors (Lipinski definition) is 0. The van der Waals surface area contributed by atoms with E-state index in [1.807, 2.05) is 65.3 Å². The number of furan rings is 1. The summed E-state index contributed by atoms with van der Waals surface area (Å²) in [5.74, 6) is 1.68. The second-order valence-corrected chi connectivity index (χ2v) is 5.26. The van der Waals surface area contributed by atoms with Crippen LogP contribution >= 0.6 is 0 Å². The van der Waals surface area contributed by atoms with E-state index in [2.05, 4.69) is 22.2 Å². The summed E-state index contributed by atoms with van der Waals surface area (Å²) < 4.78 is 7.93. The quantitative estimate of drug-likeness (QED) is 0.568. The molecular formula is C19H15N3O. The van der Waals surface area contributed by atoms with Crippen LogP contribution in [-0.2, 0) is 0 Å². The second kappa shape index (κ2) is 5.93. The van der Waals surface area contributed by atoms with Gasteiger partial charge in [0.2, 0.25) is 0 Å². The normalized spacial score (nSPS) is 12.2. The summed E-state index contributed by atoms with van der Waals surface area (Å²) in [6, 6.07) is 24.1. The van der Waals surface area contributed by atoms with Crippen molar-refractivity contribution in [2.45, 2.75) is 6.04 Å². The fourth-order valence-electron chi connectivity index (χ4n) is 2.69. The fourth-order valence-corrected chi connectivity index (χ4v) is 2.69. The molecule has 4 rings (SSSR count). The SMILES string of the molecule is c1ccc(-c2ccc(C(c3ccccc3)n3cncn3)o2)cc1. The number of nitrogens with zero attached hydrogens (tertiary/aromatic N) is 3. The Morgan fingerprint density at radius 1 is 0.826 bits per heavy atom. The largest absolute Gasteiger partial charge is 0.458 e. The van der Waals surface area contributed by atoms with Crippen LogP contribution in [0.2, 0.25) is 0 Å². The molecule has 0 bridgehead atoms. The van der Waals surface area contributed by atoms with E-state index in [1.165, 1.54) is 6.33 Å². The van der Waals surface area contributed by atoms with Gasteiger partial charge in [0, 0.05) is 5.56 Å². The van der Waals surface area contributed by atoms with Crippen molar-refractivity contribution in [3.63, 3.8) is 0 Å². The summed E-state index contributed by atoms with van der Waals surface area (Å²) in [6.45, 7) is 0. The molecule has 4 heteroatoms. The van der Waals surface area contributed by atoms with E-state index in [0.717, 1.165) is 22.6 Å². The average molecular weight is 301 g/mol. The molecule has 2 aromatic heterocycles. The van der Waals surface area contributed by atoms with Gasteiger partial charge in [0.05, 0.1) is 0 Å². The zero-order valence-electron chi connectivity index (χ0n) is 12.4. The Labute approximate surface area is 134 Å². The number of hydrogen-bond acceptors (Lipinski definition) is 3. The van der Waals surface area contributed by atoms with Crippen molar-refractivity contribution in [1.82, 2.24) is 14.8 Å². The van der Waals surface area contributed by atoms with Crippen LogP contribution in [0.1, 0.15) is 17.4 Å². The molecule has 0 aliphatic heterocycles. The highest BCUT2D eigenvalue weighted by molar-refractivity contribution is 5.57. The third kappa shape index (κ3) is 2.66. The molecule has 0 aliphatic rings. The lowest BCUT2D eigenvalue weighted by Crippen LogP contribution is -2.12. The smallest absolute Gasteiger partial charge is 0.137 e. The van der Waals surface area contributed by atoms with E-state index in [9.17, 15) is 0 Å². The van der Waals surface area contributed by atoms with Crippen molar-refractivity contribution in [3.05, 3.63) is 96.8 Å². The summed E-state index contributed by atoms with van der Waals surface area (Å²) in [5, 5.41) is 4.30. The Morgan fingerprint density at radius 3 is 2.26 bits per heavy atom. The van der Waals surface area contributed by atoms with Gasteiger partial charge in [-0.3, -0.25) is 0 Å². The molecule has 0 fully saturated rings. The van der Waals surface area contributed by atoms with Gasteiger partial charge in [-0.1, -0.05) is 60.7 Å². The van der Waals surface area contributed by atoms with Gasteiger partial charge in [-0.2, -0.15) is 5.10 Å². The third-order valence-corrected chi connectivity index (χ3v) is 3.77. The number of rotatable bonds is 4. The summed E-state index contributed by atoms with van der Waals surface area (Å²) in [6.07, 6.45) is 3.25. The van der Waals surface area contributed by atoms with Gasteiger partial charge in [0.25, 0.3) is 0 Å². The Hall–Kier alpha value is -3.14. The molecule has 0 N–H and O–H groups in total. The van der Waals surface area contributed by atoms with Gasteiger partial charge in [0.15, 0.2) is 0 Å². The van der Waals surface area contributed by atoms with Crippen molar-refractivity contribution in [1.29, 1.82) is 0 Å². The van der Waals surface area contributed by atoms with Crippen LogP contribution in [0.3, 0.4) is 0 Å². The molecule has 0 saturated carbocycles. The van der Waals surface area contributed by atoms with E-state index < -0.39 is 0 Å². The lowest BCUT2D eigenvalue weighted by Gasteiger charge is -2.15. The molecule has 0 radical (unpaired) electrons. The maximum atomic E-state index is 6.12. The Balaban J connectivity index is 1.78. The van der Waals surface area contributed by atoms with E-state index in [-0.39, 0.29) is 6.04 Å². The zero-order valence-corrected chi connectivity index (χ0v) is 12.4. The first-order valence-corrected chi connectivity index (χ1v) is 7.46. The van der Waals surface area contributed by atoms with Crippen LogP contribution in [0.15, 0.2) is 89.9 Å². The van der Waals surface area contributed by atoms with Crippen LogP contribution in [0.25, 0.3) is 11.3 Å².